The van der Waals surface area contributed by atoms with Gasteiger partial charge in [0.05, 0.1) is 11.1 Å². The van der Waals surface area contributed by atoms with Crippen LogP contribution in [-0.4, -0.2) is 49.4 Å². The maximum Gasteiger partial charge on any atom is 0.410 e. The summed E-state index contributed by atoms with van der Waals surface area (Å²) < 4.78 is 27.6. The highest BCUT2D eigenvalue weighted by Gasteiger charge is 2.31. The van der Waals surface area contributed by atoms with E-state index >= 15 is 0 Å². The van der Waals surface area contributed by atoms with Gasteiger partial charge in [0, 0.05) is 32.5 Å². The van der Waals surface area contributed by atoms with Gasteiger partial charge in [-0.05, 0) is 45.7 Å². The third kappa shape index (κ3) is 4.13. The third-order valence-corrected chi connectivity index (χ3v) is 5.57. The topological polar surface area (TPSA) is 86.3 Å². The first-order valence-electron chi connectivity index (χ1n) is 10.6. The number of rotatable bonds is 3. The molecule has 9 heteroatoms. The average molecular weight is 429 g/mol. The van der Waals surface area contributed by atoms with Crippen LogP contribution in [-0.2, 0) is 18.2 Å². The summed E-state index contributed by atoms with van der Waals surface area (Å²) >= 11 is 0. The first-order valence-corrected chi connectivity index (χ1v) is 10.6. The minimum atomic E-state index is -0.524. The largest absolute Gasteiger partial charge is 0.444 e. The molecule has 3 heterocycles. The number of hydrogen-bond acceptors (Lipinski definition) is 6. The fourth-order valence-corrected chi connectivity index (χ4v) is 3.95. The molecule has 0 N–H and O–H groups in total. The van der Waals surface area contributed by atoms with Gasteiger partial charge in [-0.1, -0.05) is 12.1 Å². The molecule has 1 aromatic carbocycles. The smallest absolute Gasteiger partial charge is 0.410 e. The van der Waals surface area contributed by atoms with E-state index < -0.39 is 11.4 Å². The van der Waals surface area contributed by atoms with E-state index in [1.807, 2.05) is 39.3 Å². The van der Waals surface area contributed by atoms with Gasteiger partial charge in [-0.3, -0.25) is 0 Å². The molecule has 1 amide bonds. The number of carbonyl (C=O) groups excluding carboxylic acids is 1. The van der Waals surface area contributed by atoms with Gasteiger partial charge in [-0.2, -0.15) is 4.98 Å². The summed E-state index contributed by atoms with van der Waals surface area (Å²) in [6, 6.07) is 3.13. The van der Waals surface area contributed by atoms with Crippen molar-refractivity contribution in [2.24, 2.45) is 7.05 Å². The molecule has 0 radical (unpaired) electrons. The van der Waals surface area contributed by atoms with E-state index in [2.05, 4.69) is 15.1 Å². The van der Waals surface area contributed by atoms with Crippen molar-refractivity contribution in [3.05, 3.63) is 29.7 Å². The molecular formula is C22H28FN5O3. The van der Waals surface area contributed by atoms with Crippen molar-refractivity contribution in [2.75, 3.05) is 13.1 Å². The minimum Gasteiger partial charge on any atom is -0.444 e. The van der Waals surface area contributed by atoms with Gasteiger partial charge in [0.25, 0.3) is 0 Å². The lowest BCUT2D eigenvalue weighted by Gasteiger charge is -2.32. The average Bonchev–Trinajstić information content (AvgIpc) is 3.32. The van der Waals surface area contributed by atoms with Crippen LogP contribution < -0.4 is 0 Å². The maximum absolute atomic E-state index is 14.7. The fraction of sp³-hybridized carbons (Fsp3) is 0.545. The monoisotopic (exact) mass is 429 g/mol. The van der Waals surface area contributed by atoms with E-state index in [0.29, 0.717) is 37.3 Å². The molecule has 0 spiro atoms. The molecule has 8 nitrogen and oxygen atoms in total. The number of piperidine rings is 1. The number of ether oxygens (including phenoxy) is 1. The fourth-order valence-electron chi connectivity index (χ4n) is 3.95. The molecule has 1 fully saturated rings. The number of halogens is 1. The van der Waals surface area contributed by atoms with E-state index in [-0.39, 0.29) is 23.4 Å². The van der Waals surface area contributed by atoms with Crippen LogP contribution in [0.2, 0.25) is 0 Å². The Morgan fingerprint density at radius 1 is 1.26 bits per heavy atom. The number of nitrogens with zero attached hydrogens (tertiary/aromatic N) is 5. The normalized spacial score (nSPS) is 15.6. The van der Waals surface area contributed by atoms with Gasteiger partial charge >= 0.3 is 6.09 Å². The summed E-state index contributed by atoms with van der Waals surface area (Å²) in [5, 5.41) is 4.06. The van der Waals surface area contributed by atoms with E-state index in [4.69, 9.17) is 9.26 Å². The second-order valence-electron chi connectivity index (χ2n) is 8.93. The molecule has 3 aromatic rings. The van der Waals surface area contributed by atoms with Crippen molar-refractivity contribution >= 4 is 17.1 Å². The number of benzene rings is 1. The Balaban J connectivity index is 1.54. The zero-order valence-electron chi connectivity index (χ0n) is 18.6. The van der Waals surface area contributed by atoms with Crippen LogP contribution in [0.1, 0.15) is 58.2 Å². The zero-order chi connectivity index (χ0) is 22.3. The van der Waals surface area contributed by atoms with Gasteiger partial charge in [0.2, 0.25) is 11.7 Å². The molecule has 0 bridgehead atoms. The number of aromatic nitrogens is 4. The first-order chi connectivity index (χ1) is 14.7. The number of imidazole rings is 1. The van der Waals surface area contributed by atoms with Crippen LogP contribution in [0.3, 0.4) is 0 Å². The maximum atomic E-state index is 14.7. The number of hydrogen-bond donors (Lipinski definition) is 0. The predicted molar refractivity (Wildman–Crippen MR) is 113 cm³/mol. The molecule has 1 saturated heterocycles. The lowest BCUT2D eigenvalue weighted by Crippen LogP contribution is -2.41. The van der Waals surface area contributed by atoms with Crippen molar-refractivity contribution in [3.8, 4) is 11.4 Å². The van der Waals surface area contributed by atoms with Gasteiger partial charge in [-0.15, -0.1) is 0 Å². The Hall–Kier alpha value is -2.97. The molecule has 1 aliphatic rings. The first kappa shape index (κ1) is 21.3. The highest BCUT2D eigenvalue weighted by molar-refractivity contribution is 5.90. The number of aryl methyl sites for hydroxylation is 2. The second kappa shape index (κ2) is 7.94. The van der Waals surface area contributed by atoms with Gasteiger partial charge in [0.1, 0.15) is 22.8 Å². The van der Waals surface area contributed by atoms with Crippen LogP contribution in [0.15, 0.2) is 16.7 Å². The minimum absolute atomic E-state index is 0.0112. The Bertz CT molecular complexity index is 1110. The molecule has 0 saturated carbocycles. The number of carbonyl (C=O) groups is 1. The Morgan fingerprint density at radius 3 is 2.61 bits per heavy atom. The van der Waals surface area contributed by atoms with Crippen molar-refractivity contribution in [3.63, 3.8) is 0 Å². The molecule has 0 atom stereocenters. The van der Waals surface area contributed by atoms with Crippen LogP contribution in [0.25, 0.3) is 22.4 Å². The molecule has 2 aromatic heterocycles. The quantitative estimate of drug-likeness (QED) is 0.612. The zero-order valence-corrected chi connectivity index (χ0v) is 18.6. The van der Waals surface area contributed by atoms with Crippen molar-refractivity contribution in [1.29, 1.82) is 0 Å². The molecule has 0 unspecified atom stereocenters. The SMILES string of the molecule is CCc1nc2c(-c3noc(C4CCN(C(=O)OC(C)(C)C)CC4)n3)c(F)ccc2n1C. The van der Waals surface area contributed by atoms with Crippen molar-refractivity contribution in [1.82, 2.24) is 24.6 Å². The van der Waals surface area contributed by atoms with Crippen molar-refractivity contribution in [2.45, 2.75) is 58.5 Å². The van der Waals surface area contributed by atoms with Crippen LogP contribution in [0, 0.1) is 5.82 Å². The second-order valence-corrected chi connectivity index (χ2v) is 8.93. The molecule has 1 aliphatic heterocycles. The highest BCUT2D eigenvalue weighted by Crippen LogP contribution is 2.33. The van der Waals surface area contributed by atoms with Gasteiger partial charge in [-0.25, -0.2) is 14.2 Å². The van der Waals surface area contributed by atoms with Crippen molar-refractivity contribution < 1.29 is 18.4 Å². The predicted octanol–water partition coefficient (Wildman–Crippen LogP) is 4.44. The highest BCUT2D eigenvalue weighted by atomic mass is 19.1. The van der Waals surface area contributed by atoms with E-state index in [9.17, 15) is 9.18 Å². The summed E-state index contributed by atoms with van der Waals surface area (Å²) in [7, 11) is 1.91. The summed E-state index contributed by atoms with van der Waals surface area (Å²) in [6.07, 6.45) is 1.78. The molecule has 4 rings (SSSR count). The van der Waals surface area contributed by atoms with E-state index in [1.165, 1.54) is 6.07 Å². The summed E-state index contributed by atoms with van der Waals surface area (Å²) in [4.78, 5) is 23.1. The van der Waals surface area contributed by atoms with Crippen LogP contribution >= 0.6 is 0 Å². The van der Waals surface area contributed by atoms with E-state index in [0.717, 1.165) is 17.8 Å². The lowest BCUT2D eigenvalue weighted by molar-refractivity contribution is 0.0198. The van der Waals surface area contributed by atoms with Gasteiger partial charge < -0.3 is 18.7 Å². The van der Waals surface area contributed by atoms with Gasteiger partial charge in [0.15, 0.2) is 0 Å². The third-order valence-electron chi connectivity index (χ3n) is 5.57. The number of amides is 1. The van der Waals surface area contributed by atoms with Crippen LogP contribution in [0.5, 0.6) is 0 Å². The molecular weight excluding hydrogens is 401 g/mol. The molecule has 0 aliphatic carbocycles. The van der Waals surface area contributed by atoms with Crippen LogP contribution in [0.4, 0.5) is 9.18 Å². The van der Waals surface area contributed by atoms with E-state index in [1.54, 1.807) is 11.0 Å². The molecule has 31 heavy (non-hydrogen) atoms. The lowest BCUT2D eigenvalue weighted by atomic mass is 9.97. The standard InChI is InChI=1S/C22H28FN5O3/c1-6-16-24-18-15(27(16)5)8-7-14(23)17(18)19-25-20(31-26-19)13-9-11-28(12-10-13)21(29)30-22(2,3)4/h7-8,13H,6,9-12H2,1-5H3. The molecule has 166 valence electrons. The Labute approximate surface area is 180 Å². The Morgan fingerprint density at radius 2 is 1.97 bits per heavy atom. The summed E-state index contributed by atoms with van der Waals surface area (Å²) in [6.45, 7) is 8.64. The summed E-state index contributed by atoms with van der Waals surface area (Å²) in [5.74, 6) is 1.10. The Kier molecular flexibility index (Phi) is 5.45. The summed E-state index contributed by atoms with van der Waals surface area (Å²) in [5.41, 5.74) is 1.09. The number of likely N-dealkylation sites (tertiary alicyclic amines) is 1. The number of fused-ring (bicyclic) bond motifs is 1.